The van der Waals surface area contributed by atoms with Gasteiger partial charge in [-0.05, 0) is 318 Å². The van der Waals surface area contributed by atoms with Crippen molar-refractivity contribution in [1.29, 1.82) is 0 Å². The maximum atomic E-state index is 13.9. The highest BCUT2D eigenvalue weighted by Gasteiger charge is 2.68. The molecule has 25 heteroatoms. The van der Waals surface area contributed by atoms with Gasteiger partial charge in [-0.25, -0.2) is 8.42 Å². The van der Waals surface area contributed by atoms with E-state index in [2.05, 4.69) is 201 Å². The highest BCUT2D eigenvalue weighted by atomic mass is 127. The number of phenols is 1. The van der Waals surface area contributed by atoms with Gasteiger partial charge in [-0.3, -0.25) is 24.0 Å². The number of ether oxygens (including phenoxy) is 7. The number of esters is 5. The highest BCUT2D eigenvalue weighted by Crippen LogP contribution is 2.64. The minimum Gasteiger partial charge on any atom is -0.743 e. The van der Waals surface area contributed by atoms with E-state index in [1.54, 1.807) is 20.8 Å². The van der Waals surface area contributed by atoms with Crippen LogP contribution in [0.15, 0.2) is 115 Å². The first-order valence-corrected chi connectivity index (χ1v) is 45.6. The molecule has 10 unspecified atom stereocenters. The van der Waals surface area contributed by atoms with E-state index in [1.807, 2.05) is 47.6 Å². The Morgan fingerprint density at radius 1 is 0.635 bits per heavy atom. The number of thiophene rings is 1. The number of benzene rings is 5. The number of halogens is 7. The van der Waals surface area contributed by atoms with Crippen LogP contribution in [0.2, 0.25) is 0 Å². The molecule has 115 heavy (non-hydrogen) atoms. The predicted molar refractivity (Wildman–Crippen MR) is 453 cm³/mol. The van der Waals surface area contributed by atoms with Crippen molar-refractivity contribution in [3.8, 4) is 16.4 Å². The van der Waals surface area contributed by atoms with Crippen LogP contribution in [0.3, 0.4) is 0 Å². The summed E-state index contributed by atoms with van der Waals surface area (Å²) in [7, 11) is -6.72. The molecular weight excluding hydrogens is 1750 g/mol. The average Bonchev–Trinajstić information content (AvgIpc) is 1.44. The Morgan fingerprint density at radius 2 is 1.13 bits per heavy atom. The fourth-order valence-corrected chi connectivity index (χ4v) is 21.6. The molecule has 0 amide bonds. The predicted octanol–water partition coefficient (Wildman–Crippen LogP) is 23.4. The summed E-state index contributed by atoms with van der Waals surface area (Å²) in [5.74, 6) is -0.668. The van der Waals surface area contributed by atoms with Gasteiger partial charge in [0, 0.05) is 31.2 Å². The van der Waals surface area contributed by atoms with Crippen LogP contribution in [0.25, 0.3) is 25.1 Å². The molecule has 1 aromatic heterocycles. The van der Waals surface area contributed by atoms with Gasteiger partial charge < -0.3 is 42.8 Å². The lowest BCUT2D eigenvalue weighted by molar-refractivity contribution is -0.270. The van der Waals surface area contributed by atoms with E-state index in [4.69, 9.17) is 28.4 Å². The Bertz CT molecular complexity index is 4410. The zero-order valence-corrected chi connectivity index (χ0v) is 75.1. The van der Waals surface area contributed by atoms with E-state index in [-0.39, 0.29) is 94.2 Å². The molecule has 1 N–H and O–H groups in total. The smallest absolute Gasteiger partial charge is 0.432 e. The number of rotatable bonds is 20. The van der Waals surface area contributed by atoms with Crippen LogP contribution in [0.4, 0.5) is 22.0 Å². The topological polar surface area (TPSA) is 227 Å². The third-order valence-electron chi connectivity index (χ3n) is 25.3. The first kappa shape index (κ1) is 93.1. The second-order valence-electron chi connectivity index (χ2n) is 35.4. The fraction of sp³-hybridized carbons (Fsp3) is 0.611. The Balaban J connectivity index is 0.000000163. The summed E-state index contributed by atoms with van der Waals surface area (Å²) in [6, 6.07) is 41.2. The summed E-state index contributed by atoms with van der Waals surface area (Å²) in [6.07, 6.45) is 5.32. The summed E-state index contributed by atoms with van der Waals surface area (Å²) >= 11 is 4.45. The van der Waals surface area contributed by atoms with Crippen LogP contribution in [-0.2, 0) is 62.5 Å². The first-order valence-electron chi connectivity index (χ1n) is 40.8. The molecule has 9 aliphatic rings. The normalized spacial score (nSPS) is 24.9. The number of fused-ring (bicyclic) bond motifs is 4. The van der Waals surface area contributed by atoms with Crippen LogP contribution < -0.4 is 4.74 Å². The van der Waals surface area contributed by atoms with Crippen molar-refractivity contribution in [2.75, 3.05) is 0 Å². The molecule has 15 rings (SSSR count). The Morgan fingerprint density at radius 3 is 1.64 bits per heavy atom. The van der Waals surface area contributed by atoms with E-state index < -0.39 is 73.6 Å². The second kappa shape index (κ2) is 37.5. The summed E-state index contributed by atoms with van der Waals surface area (Å²) in [6.45, 7) is 29.8. The molecule has 16 nitrogen and oxygen atoms in total. The van der Waals surface area contributed by atoms with Crippen LogP contribution in [0, 0.1) is 46.6 Å². The molecular formula is C90H117F5I2O16S2. The molecule has 0 radical (unpaired) electrons. The molecule has 6 saturated carbocycles. The summed E-state index contributed by atoms with van der Waals surface area (Å²) in [5, 5.41) is 6.70. The highest BCUT2D eigenvalue weighted by molar-refractivity contribution is 14.1. The standard InChI is InChI=1S/C20H27F5O7S.C18H13S.C17H26O.C13H18O5.C12H22O2.C10H12I2O/c1-4-16(2,3)14(26)32-18-8-11-5-12(9-18)7-17(6-11,10-18)15(27)31-13(19(21,22)23)20(24,25)33(28,29)30;1-2-8-14(9-3-1)19-17-12-6-4-10-15(17)16-11-5-7-13-18(16)19;1-4-14(2)15-8-10-16(11-9-15)18-17(3)12-6-5-7-13-17;1-4-13(2,3)12(15)18-9-7-5-6-8(16-7)10(9)17-11(6)14;1-5-11(2,3)10(13)14-12(4)8-6-7-9-12;1-3-6(2)8-4-7(11)5-9(12)10(8)13/h11-13H,4-10H2,1-3H3,(H,28,29,30);1-13H;8-11,14H,4-7,12-13H2,1-3H3;6-10H,4-5H2,1-3H3;5-9H2,1-4H3;4-6,13H,3H2,1-2H3/q;+1;;;;/p-1. The monoisotopic (exact) mass is 1870 g/mol. The average molecular weight is 1870 g/mol. The molecule has 3 aliphatic heterocycles. The van der Waals surface area contributed by atoms with Gasteiger partial charge in [0.25, 0.3) is 6.10 Å². The lowest BCUT2D eigenvalue weighted by Gasteiger charge is -2.60. The fourth-order valence-electron chi connectivity index (χ4n) is 16.9. The van der Waals surface area contributed by atoms with E-state index >= 15 is 0 Å². The largest absolute Gasteiger partial charge is 0.743 e. The van der Waals surface area contributed by atoms with Gasteiger partial charge in [0.2, 0.25) is 0 Å². The third-order valence-corrected chi connectivity index (χ3v) is 29.9. The number of hydrogen-bond donors (Lipinski definition) is 1. The van der Waals surface area contributed by atoms with Crippen LogP contribution in [0.5, 0.6) is 11.5 Å². The molecule has 4 heterocycles. The molecule has 9 fully saturated rings. The number of carbonyl (C=O) groups is 5. The quantitative estimate of drug-likeness (QED) is 0.0187. The molecule has 10 atom stereocenters. The number of phenolic OH excluding ortho intramolecular Hbond substituents is 1. The van der Waals surface area contributed by atoms with Crippen molar-refractivity contribution in [2.45, 2.75) is 309 Å². The summed E-state index contributed by atoms with van der Waals surface area (Å²) in [4.78, 5) is 62.5. The van der Waals surface area contributed by atoms with Gasteiger partial charge in [0.15, 0.2) is 36.6 Å². The minimum absolute atomic E-state index is 0.0376. The molecule has 6 bridgehead atoms. The van der Waals surface area contributed by atoms with Crippen LogP contribution in [-0.4, -0.2) is 107 Å². The van der Waals surface area contributed by atoms with Gasteiger partial charge in [0.05, 0.1) is 37.3 Å². The zero-order valence-electron chi connectivity index (χ0n) is 69.1. The summed E-state index contributed by atoms with van der Waals surface area (Å²) in [5.41, 5.74) is -2.10. The van der Waals surface area contributed by atoms with Crippen molar-refractivity contribution < 1.29 is 97.2 Å². The number of alkyl halides is 5. The lowest BCUT2D eigenvalue weighted by Crippen LogP contribution is -2.62. The van der Waals surface area contributed by atoms with E-state index in [0.717, 1.165) is 40.6 Å². The van der Waals surface area contributed by atoms with Crippen molar-refractivity contribution >= 4 is 116 Å². The van der Waals surface area contributed by atoms with Gasteiger partial charge in [-0.2, -0.15) is 22.0 Å². The minimum atomic E-state index is -6.78. The Labute approximate surface area is 706 Å². The summed E-state index contributed by atoms with van der Waals surface area (Å²) < 4.78 is 143. The third kappa shape index (κ3) is 21.9. The van der Waals surface area contributed by atoms with Gasteiger partial charge in [-0.1, -0.05) is 109 Å². The van der Waals surface area contributed by atoms with Gasteiger partial charge >= 0.3 is 41.3 Å². The van der Waals surface area contributed by atoms with Crippen molar-refractivity contribution in [1.82, 2.24) is 0 Å². The van der Waals surface area contributed by atoms with Gasteiger partial charge in [0.1, 0.15) is 34.4 Å². The Hall–Kier alpha value is -5.75. The van der Waals surface area contributed by atoms with E-state index in [9.17, 15) is 64.0 Å². The molecule has 634 valence electrons. The van der Waals surface area contributed by atoms with Crippen molar-refractivity contribution in [2.24, 2.45) is 39.4 Å². The molecule has 6 aliphatic carbocycles. The first-order chi connectivity index (χ1) is 53.7. The maximum absolute atomic E-state index is 13.9. The molecule has 6 aromatic rings. The Kier molecular flexibility index (Phi) is 30.4. The van der Waals surface area contributed by atoms with Crippen LogP contribution >= 0.6 is 55.7 Å². The number of aromatic hydroxyl groups is 1. The lowest BCUT2D eigenvalue weighted by atomic mass is 9.48. The molecule has 3 saturated heterocycles. The molecule has 5 aromatic carbocycles. The van der Waals surface area contributed by atoms with E-state index in [1.165, 1.54) is 85.6 Å². The van der Waals surface area contributed by atoms with Crippen LogP contribution in [0.1, 0.15) is 262 Å². The van der Waals surface area contributed by atoms with Crippen molar-refractivity contribution in [3.05, 3.63) is 134 Å². The van der Waals surface area contributed by atoms with Gasteiger partial charge in [-0.15, -0.1) is 0 Å². The molecule has 0 spiro atoms. The van der Waals surface area contributed by atoms with Crippen molar-refractivity contribution in [3.63, 3.8) is 0 Å². The number of hydrogen-bond acceptors (Lipinski definition) is 16. The van der Waals surface area contributed by atoms with E-state index in [0.29, 0.717) is 56.1 Å². The zero-order chi connectivity index (χ0) is 84.8. The number of carbonyl (C=O) groups excluding carboxylic acids is 5. The maximum Gasteiger partial charge on any atom is 0.432 e. The second-order valence-corrected chi connectivity index (χ2v) is 41.2. The SMILES string of the molecule is CCC(C)(C)C(=O)OC1(C)CCCC1.CCC(C)(C)C(=O)OC12CC3CC(C1)CC(C(=O)OC(C(F)(F)F)C(F)(F)S(=O)(=O)[O-])(C3)C2.CCC(C)(C)C(=O)OC1C2CC3C(=O)OC1C3O2.CCC(C)c1cc(I)cc(I)c1O.CCC(C)c1ccc(OC2(C)CCCCC2)cc1.c1ccc(-[s+]2c3ccccc3c3ccccc32)cc1.